The van der Waals surface area contributed by atoms with Crippen molar-refractivity contribution in [2.45, 2.75) is 20.0 Å². The number of carbonyl (C=O) groups excluding carboxylic acids is 1. The number of nitrogens with zero attached hydrogens (tertiary/aromatic N) is 1. The maximum Gasteiger partial charge on any atom is 0.265 e. The molecule has 0 radical (unpaired) electrons. The quantitative estimate of drug-likeness (QED) is 0.881. The summed E-state index contributed by atoms with van der Waals surface area (Å²) in [6, 6.07) is 12.2. The van der Waals surface area contributed by atoms with Crippen molar-refractivity contribution in [2.24, 2.45) is 0 Å². The summed E-state index contributed by atoms with van der Waals surface area (Å²) in [4.78, 5) is 12.2. The van der Waals surface area contributed by atoms with E-state index in [0.717, 1.165) is 0 Å². The zero-order chi connectivity index (χ0) is 17.5. The average Bonchev–Trinajstić information content (AvgIpc) is 2.58. The second-order valence-corrected chi connectivity index (χ2v) is 4.96. The van der Waals surface area contributed by atoms with E-state index in [1.807, 2.05) is 13.0 Å². The van der Waals surface area contributed by atoms with Gasteiger partial charge in [-0.05, 0) is 50.2 Å². The van der Waals surface area contributed by atoms with E-state index in [1.54, 1.807) is 25.1 Å². The summed E-state index contributed by atoms with van der Waals surface area (Å²) in [7, 11) is 0. The van der Waals surface area contributed by atoms with Gasteiger partial charge >= 0.3 is 0 Å². The SMILES string of the molecule is CCOc1cc(C#N)ccc1O[C@H](C)C(=O)Nc1ccc(F)cc1. The van der Waals surface area contributed by atoms with E-state index in [4.69, 9.17) is 14.7 Å². The number of amides is 1. The van der Waals surface area contributed by atoms with Gasteiger partial charge in [-0.25, -0.2) is 4.39 Å². The van der Waals surface area contributed by atoms with Gasteiger partial charge in [-0.3, -0.25) is 4.79 Å². The van der Waals surface area contributed by atoms with Gasteiger partial charge in [0.1, 0.15) is 5.82 Å². The lowest BCUT2D eigenvalue weighted by atomic mass is 10.2. The summed E-state index contributed by atoms with van der Waals surface area (Å²) >= 11 is 0. The van der Waals surface area contributed by atoms with Crippen LogP contribution in [0.25, 0.3) is 0 Å². The van der Waals surface area contributed by atoms with Crippen LogP contribution in [0.5, 0.6) is 11.5 Å². The van der Waals surface area contributed by atoms with Gasteiger partial charge in [-0.1, -0.05) is 0 Å². The molecule has 2 aromatic rings. The summed E-state index contributed by atoms with van der Waals surface area (Å²) in [6.45, 7) is 3.81. The fraction of sp³-hybridized carbons (Fsp3) is 0.222. The maximum atomic E-state index is 12.9. The van der Waals surface area contributed by atoms with Crippen molar-refractivity contribution in [3.8, 4) is 17.6 Å². The summed E-state index contributed by atoms with van der Waals surface area (Å²) < 4.78 is 24.0. The molecule has 0 bridgehead atoms. The van der Waals surface area contributed by atoms with Crippen LogP contribution in [0.2, 0.25) is 0 Å². The van der Waals surface area contributed by atoms with E-state index in [1.165, 1.54) is 24.3 Å². The molecule has 24 heavy (non-hydrogen) atoms. The Balaban J connectivity index is 2.08. The van der Waals surface area contributed by atoms with Crippen molar-refractivity contribution in [1.82, 2.24) is 0 Å². The normalized spacial score (nSPS) is 11.2. The van der Waals surface area contributed by atoms with E-state index < -0.39 is 6.10 Å². The van der Waals surface area contributed by atoms with E-state index >= 15 is 0 Å². The molecule has 5 nitrogen and oxygen atoms in total. The third-order valence-electron chi connectivity index (χ3n) is 3.16. The van der Waals surface area contributed by atoms with Gasteiger partial charge in [0.15, 0.2) is 17.6 Å². The molecule has 2 rings (SSSR count). The average molecular weight is 328 g/mol. The zero-order valence-electron chi connectivity index (χ0n) is 13.4. The first kappa shape index (κ1) is 17.3. The Labute approximate surface area is 139 Å². The number of nitrogens with one attached hydrogen (secondary N) is 1. The lowest BCUT2D eigenvalue weighted by Gasteiger charge is -2.17. The molecule has 124 valence electrons. The summed E-state index contributed by atoms with van der Waals surface area (Å²) in [5.74, 6) is 0.0141. The minimum absolute atomic E-state index is 0.373. The number of rotatable bonds is 6. The molecule has 1 atom stereocenters. The Bertz CT molecular complexity index is 754. The van der Waals surface area contributed by atoms with E-state index in [0.29, 0.717) is 29.4 Å². The number of hydrogen-bond acceptors (Lipinski definition) is 4. The Morgan fingerprint density at radius 3 is 2.58 bits per heavy atom. The van der Waals surface area contributed by atoms with Gasteiger partial charge in [0, 0.05) is 11.8 Å². The van der Waals surface area contributed by atoms with Crippen LogP contribution >= 0.6 is 0 Å². The molecule has 0 unspecified atom stereocenters. The molecule has 0 aliphatic rings. The molecular formula is C18H17FN2O3. The van der Waals surface area contributed by atoms with Crippen LogP contribution < -0.4 is 14.8 Å². The lowest BCUT2D eigenvalue weighted by Crippen LogP contribution is -2.30. The standard InChI is InChI=1S/C18H17FN2O3/c1-3-23-17-10-13(11-20)4-9-16(17)24-12(2)18(22)21-15-7-5-14(19)6-8-15/h4-10,12H,3H2,1-2H3,(H,21,22)/t12-/m1/s1. The molecule has 0 spiro atoms. The van der Waals surface area contributed by atoms with Gasteiger partial charge in [-0.2, -0.15) is 5.26 Å². The molecule has 0 fully saturated rings. The van der Waals surface area contributed by atoms with Crippen molar-refractivity contribution in [1.29, 1.82) is 5.26 Å². The molecule has 0 aromatic heterocycles. The zero-order valence-corrected chi connectivity index (χ0v) is 13.4. The first-order valence-electron chi connectivity index (χ1n) is 7.43. The topological polar surface area (TPSA) is 71.3 Å². The number of anilines is 1. The van der Waals surface area contributed by atoms with E-state index in [-0.39, 0.29) is 11.7 Å². The number of hydrogen-bond donors (Lipinski definition) is 1. The summed E-state index contributed by atoms with van der Waals surface area (Å²) in [6.07, 6.45) is -0.804. The van der Waals surface area contributed by atoms with Crippen LogP contribution in [0, 0.1) is 17.1 Å². The highest BCUT2D eigenvalue weighted by atomic mass is 19.1. The molecule has 0 aliphatic carbocycles. The predicted molar refractivity (Wildman–Crippen MR) is 87.4 cm³/mol. The molecule has 1 amide bonds. The minimum atomic E-state index is -0.804. The highest BCUT2D eigenvalue weighted by Gasteiger charge is 2.17. The molecule has 0 saturated carbocycles. The van der Waals surface area contributed by atoms with Crippen molar-refractivity contribution >= 4 is 11.6 Å². The third kappa shape index (κ3) is 4.46. The molecule has 1 N–H and O–H groups in total. The van der Waals surface area contributed by atoms with Crippen molar-refractivity contribution in [3.63, 3.8) is 0 Å². The minimum Gasteiger partial charge on any atom is -0.490 e. The number of halogens is 1. The fourth-order valence-electron chi connectivity index (χ4n) is 1.96. The highest BCUT2D eigenvalue weighted by Crippen LogP contribution is 2.29. The van der Waals surface area contributed by atoms with Gasteiger partial charge in [0.05, 0.1) is 18.2 Å². The molecular weight excluding hydrogens is 311 g/mol. The monoisotopic (exact) mass is 328 g/mol. The van der Waals surface area contributed by atoms with Crippen LogP contribution in [0.4, 0.5) is 10.1 Å². The Morgan fingerprint density at radius 1 is 1.25 bits per heavy atom. The Hall–Kier alpha value is -3.07. The van der Waals surface area contributed by atoms with Gasteiger partial charge in [0.2, 0.25) is 0 Å². The molecule has 6 heteroatoms. The third-order valence-corrected chi connectivity index (χ3v) is 3.16. The van der Waals surface area contributed by atoms with Crippen LogP contribution in [-0.4, -0.2) is 18.6 Å². The summed E-state index contributed by atoms with van der Waals surface area (Å²) in [5, 5.41) is 11.6. The number of carbonyl (C=O) groups is 1. The van der Waals surface area contributed by atoms with Crippen LogP contribution in [0.15, 0.2) is 42.5 Å². The number of benzene rings is 2. The van der Waals surface area contributed by atoms with Gasteiger partial charge in [0.25, 0.3) is 5.91 Å². The molecule has 0 saturated heterocycles. The number of ether oxygens (including phenoxy) is 2. The highest BCUT2D eigenvalue weighted by molar-refractivity contribution is 5.94. The largest absolute Gasteiger partial charge is 0.490 e. The lowest BCUT2D eigenvalue weighted by molar-refractivity contribution is -0.122. The smallest absolute Gasteiger partial charge is 0.265 e. The first-order chi connectivity index (χ1) is 11.5. The van der Waals surface area contributed by atoms with Gasteiger partial charge < -0.3 is 14.8 Å². The second kappa shape index (κ2) is 7.97. The molecule has 2 aromatic carbocycles. The second-order valence-electron chi connectivity index (χ2n) is 4.96. The Kier molecular flexibility index (Phi) is 5.74. The first-order valence-corrected chi connectivity index (χ1v) is 7.43. The Morgan fingerprint density at radius 2 is 1.96 bits per heavy atom. The van der Waals surface area contributed by atoms with Crippen molar-refractivity contribution in [2.75, 3.05) is 11.9 Å². The van der Waals surface area contributed by atoms with Crippen LogP contribution in [0.1, 0.15) is 19.4 Å². The predicted octanol–water partition coefficient (Wildman–Crippen LogP) is 3.50. The fourth-order valence-corrected chi connectivity index (χ4v) is 1.96. The van der Waals surface area contributed by atoms with Crippen molar-refractivity contribution in [3.05, 3.63) is 53.8 Å². The van der Waals surface area contributed by atoms with Crippen molar-refractivity contribution < 1.29 is 18.7 Å². The maximum absolute atomic E-state index is 12.9. The summed E-state index contributed by atoms with van der Waals surface area (Å²) in [5.41, 5.74) is 0.913. The van der Waals surface area contributed by atoms with Crippen LogP contribution in [0.3, 0.4) is 0 Å². The van der Waals surface area contributed by atoms with E-state index in [2.05, 4.69) is 5.32 Å². The number of nitriles is 1. The molecule has 0 heterocycles. The van der Waals surface area contributed by atoms with Crippen LogP contribution in [-0.2, 0) is 4.79 Å². The van der Waals surface area contributed by atoms with E-state index in [9.17, 15) is 9.18 Å². The molecule has 0 aliphatic heterocycles. The van der Waals surface area contributed by atoms with Gasteiger partial charge in [-0.15, -0.1) is 0 Å².